The molecule has 0 aliphatic carbocycles. The Morgan fingerprint density at radius 1 is 1.28 bits per heavy atom. The molecular weight excluding hydrogens is 220 g/mol. The highest BCUT2D eigenvalue weighted by Gasteiger charge is 2.21. The second-order valence-electron chi connectivity index (χ2n) is 6.39. The van der Waals surface area contributed by atoms with Gasteiger partial charge in [0.15, 0.2) is 0 Å². The minimum Gasteiger partial charge on any atom is -0.349 e. The summed E-state index contributed by atoms with van der Waals surface area (Å²) in [6.45, 7) is 19.0. The summed E-state index contributed by atoms with van der Waals surface area (Å²) in [6, 6.07) is 2.31. The van der Waals surface area contributed by atoms with Crippen LogP contribution in [0.5, 0.6) is 0 Å². The standard InChI is InChI=1S/C16H30N2/c1-8-18-13(4)9-15(14(18)5)10-17-11-16(6,7)12(2)3/h9,12,17H,8,10-11H2,1-7H3. The Kier molecular flexibility index (Phi) is 5.03. The Morgan fingerprint density at radius 3 is 2.33 bits per heavy atom. The second-order valence-corrected chi connectivity index (χ2v) is 6.39. The maximum Gasteiger partial charge on any atom is 0.0223 e. The molecule has 0 amide bonds. The fourth-order valence-electron chi connectivity index (χ4n) is 2.26. The maximum absolute atomic E-state index is 3.62. The normalized spacial score (nSPS) is 12.4. The van der Waals surface area contributed by atoms with E-state index in [0.717, 1.165) is 19.6 Å². The third-order valence-corrected chi connectivity index (χ3v) is 4.45. The van der Waals surface area contributed by atoms with E-state index in [1.54, 1.807) is 0 Å². The fourth-order valence-corrected chi connectivity index (χ4v) is 2.26. The van der Waals surface area contributed by atoms with Gasteiger partial charge in [-0.1, -0.05) is 27.7 Å². The van der Waals surface area contributed by atoms with Crippen molar-refractivity contribution in [3.63, 3.8) is 0 Å². The number of hydrogen-bond acceptors (Lipinski definition) is 1. The number of aryl methyl sites for hydroxylation is 1. The van der Waals surface area contributed by atoms with Gasteiger partial charge in [-0.3, -0.25) is 0 Å². The second kappa shape index (κ2) is 5.92. The Morgan fingerprint density at radius 2 is 1.89 bits per heavy atom. The highest BCUT2D eigenvalue weighted by atomic mass is 15.0. The number of nitrogens with one attached hydrogen (secondary N) is 1. The topological polar surface area (TPSA) is 17.0 Å². The summed E-state index contributed by atoms with van der Waals surface area (Å²) >= 11 is 0. The molecule has 1 aromatic heterocycles. The summed E-state index contributed by atoms with van der Waals surface area (Å²) < 4.78 is 2.38. The monoisotopic (exact) mass is 250 g/mol. The van der Waals surface area contributed by atoms with Crippen LogP contribution in [0.15, 0.2) is 6.07 Å². The molecule has 0 spiro atoms. The molecule has 2 heteroatoms. The summed E-state index contributed by atoms with van der Waals surface area (Å²) in [5.41, 5.74) is 4.57. The van der Waals surface area contributed by atoms with Crippen LogP contribution in [0.2, 0.25) is 0 Å². The van der Waals surface area contributed by atoms with Gasteiger partial charge in [0.05, 0.1) is 0 Å². The maximum atomic E-state index is 3.62. The van der Waals surface area contributed by atoms with Crippen molar-refractivity contribution < 1.29 is 0 Å². The van der Waals surface area contributed by atoms with Crippen molar-refractivity contribution >= 4 is 0 Å². The van der Waals surface area contributed by atoms with Gasteiger partial charge >= 0.3 is 0 Å². The van der Waals surface area contributed by atoms with Crippen LogP contribution in [0.3, 0.4) is 0 Å². The van der Waals surface area contributed by atoms with Crippen molar-refractivity contribution in [3.8, 4) is 0 Å². The molecule has 2 nitrogen and oxygen atoms in total. The molecule has 1 aromatic rings. The Labute approximate surface area is 113 Å². The van der Waals surface area contributed by atoms with Crippen molar-refractivity contribution in [1.82, 2.24) is 9.88 Å². The summed E-state index contributed by atoms with van der Waals surface area (Å²) in [5, 5.41) is 3.62. The van der Waals surface area contributed by atoms with Crippen LogP contribution >= 0.6 is 0 Å². The van der Waals surface area contributed by atoms with Crippen LogP contribution in [-0.2, 0) is 13.1 Å². The molecule has 0 atom stereocenters. The smallest absolute Gasteiger partial charge is 0.0223 e. The zero-order chi connectivity index (χ0) is 13.9. The molecule has 1 rings (SSSR count). The summed E-state index contributed by atoms with van der Waals surface area (Å²) in [4.78, 5) is 0. The molecule has 104 valence electrons. The molecule has 0 saturated heterocycles. The van der Waals surface area contributed by atoms with Gasteiger partial charge in [-0.25, -0.2) is 0 Å². The molecule has 0 bridgehead atoms. The van der Waals surface area contributed by atoms with E-state index in [-0.39, 0.29) is 0 Å². The van der Waals surface area contributed by atoms with Gasteiger partial charge in [0.1, 0.15) is 0 Å². The summed E-state index contributed by atoms with van der Waals surface area (Å²) in [6.07, 6.45) is 0. The summed E-state index contributed by atoms with van der Waals surface area (Å²) in [7, 11) is 0. The van der Waals surface area contributed by atoms with Gasteiger partial charge in [0.2, 0.25) is 0 Å². The first-order valence-corrected chi connectivity index (χ1v) is 7.16. The van der Waals surface area contributed by atoms with Gasteiger partial charge in [0, 0.05) is 31.0 Å². The number of nitrogens with zero attached hydrogens (tertiary/aromatic N) is 1. The highest BCUT2D eigenvalue weighted by Crippen LogP contribution is 2.25. The van der Waals surface area contributed by atoms with Gasteiger partial charge in [0.25, 0.3) is 0 Å². The van der Waals surface area contributed by atoms with Crippen LogP contribution in [0.1, 0.15) is 51.6 Å². The molecule has 0 saturated carbocycles. The molecule has 0 aliphatic rings. The number of hydrogen-bond donors (Lipinski definition) is 1. The van der Waals surface area contributed by atoms with Crippen LogP contribution in [0, 0.1) is 25.2 Å². The van der Waals surface area contributed by atoms with E-state index >= 15 is 0 Å². The minimum absolute atomic E-state index is 0.357. The largest absolute Gasteiger partial charge is 0.349 e. The first-order chi connectivity index (χ1) is 8.29. The predicted octanol–water partition coefficient (Wildman–Crippen LogP) is 3.90. The molecule has 0 fully saturated rings. The molecule has 1 heterocycles. The first kappa shape index (κ1) is 15.3. The van der Waals surface area contributed by atoms with E-state index in [0.29, 0.717) is 11.3 Å². The fraction of sp³-hybridized carbons (Fsp3) is 0.750. The Bertz CT molecular complexity index is 386. The van der Waals surface area contributed by atoms with Gasteiger partial charge < -0.3 is 9.88 Å². The van der Waals surface area contributed by atoms with Crippen molar-refractivity contribution in [2.75, 3.05) is 6.54 Å². The van der Waals surface area contributed by atoms with Crippen molar-refractivity contribution in [3.05, 3.63) is 23.0 Å². The van der Waals surface area contributed by atoms with Crippen LogP contribution in [0.25, 0.3) is 0 Å². The Balaban J connectivity index is 2.60. The van der Waals surface area contributed by atoms with E-state index in [4.69, 9.17) is 0 Å². The van der Waals surface area contributed by atoms with E-state index in [9.17, 15) is 0 Å². The molecular formula is C16H30N2. The van der Waals surface area contributed by atoms with Gasteiger partial charge in [-0.05, 0) is 43.7 Å². The van der Waals surface area contributed by atoms with Crippen LogP contribution in [-0.4, -0.2) is 11.1 Å². The quantitative estimate of drug-likeness (QED) is 0.810. The van der Waals surface area contributed by atoms with Gasteiger partial charge in [-0.2, -0.15) is 0 Å². The number of aromatic nitrogens is 1. The lowest BCUT2D eigenvalue weighted by Crippen LogP contribution is -2.33. The Hall–Kier alpha value is -0.760. The number of rotatable bonds is 6. The molecule has 0 unspecified atom stereocenters. The summed E-state index contributed by atoms with van der Waals surface area (Å²) in [5.74, 6) is 0.702. The van der Waals surface area contributed by atoms with Crippen molar-refractivity contribution in [2.24, 2.45) is 11.3 Å². The third kappa shape index (κ3) is 3.38. The molecule has 18 heavy (non-hydrogen) atoms. The van der Waals surface area contributed by atoms with Crippen molar-refractivity contribution in [2.45, 2.75) is 61.6 Å². The third-order valence-electron chi connectivity index (χ3n) is 4.45. The molecule has 0 aromatic carbocycles. The SMILES string of the molecule is CCn1c(C)cc(CNCC(C)(C)C(C)C)c1C. The minimum atomic E-state index is 0.357. The molecule has 0 aliphatic heterocycles. The predicted molar refractivity (Wildman–Crippen MR) is 79.9 cm³/mol. The zero-order valence-electron chi connectivity index (χ0n) is 13.2. The van der Waals surface area contributed by atoms with E-state index in [1.807, 2.05) is 0 Å². The lowest BCUT2D eigenvalue weighted by atomic mass is 9.81. The molecule has 1 N–H and O–H groups in total. The van der Waals surface area contributed by atoms with E-state index in [1.165, 1.54) is 17.0 Å². The van der Waals surface area contributed by atoms with Crippen molar-refractivity contribution in [1.29, 1.82) is 0 Å². The average molecular weight is 250 g/mol. The first-order valence-electron chi connectivity index (χ1n) is 7.16. The zero-order valence-corrected chi connectivity index (χ0v) is 13.2. The van der Waals surface area contributed by atoms with E-state index in [2.05, 4.69) is 64.4 Å². The van der Waals surface area contributed by atoms with Crippen LogP contribution < -0.4 is 5.32 Å². The van der Waals surface area contributed by atoms with Gasteiger partial charge in [-0.15, -0.1) is 0 Å². The highest BCUT2D eigenvalue weighted by molar-refractivity contribution is 5.26. The average Bonchev–Trinajstić information content (AvgIpc) is 2.53. The lowest BCUT2D eigenvalue weighted by Gasteiger charge is -2.29. The lowest BCUT2D eigenvalue weighted by molar-refractivity contribution is 0.238. The van der Waals surface area contributed by atoms with E-state index < -0.39 is 0 Å². The van der Waals surface area contributed by atoms with Crippen LogP contribution in [0.4, 0.5) is 0 Å². The molecule has 0 radical (unpaired) electrons.